The predicted octanol–water partition coefficient (Wildman–Crippen LogP) is 24.6. The summed E-state index contributed by atoms with van der Waals surface area (Å²) in [6.07, 6.45) is 38.4. The van der Waals surface area contributed by atoms with Crippen molar-refractivity contribution in [2.75, 3.05) is 100 Å². The average Bonchev–Trinajstić information content (AvgIpc) is 1.74. The highest BCUT2D eigenvalue weighted by Gasteiger charge is 2.22. The Labute approximate surface area is 836 Å². The fraction of sp³-hybridized carbons (Fsp3) is 0.274. The standard InChI is InChI=1S/C27H29FN6O.C27H27FN6O.C22H24BrN5O.C16H13BrIN5.C7H14O.C6H6FN.CH4/c2*1-3-35-11-9-18(2)25-16-32-27-26(30-10-8-19-14-31-23-7-5-4-6-22(19)23)33-24(17-34(25)27)20-12-21(28)15-29-13-20;1-3-29-11-9-15(2)19-13-26-22-21(27-20(23)14-28(19)22)24-10-8-16-12-25-18-7-5-4-6-17(16)18;17-13-9-23-14(18)8-21-16(23)15(22-13)19-6-5-10-7-20-12-4-2-1-3-11(10)12;1-4-8-6-5-7(2)3;1-5-2-6(7)4-8-3-5;/h4-7,12-18,31H,3,8-11H2,1-2H3,(H,30,33);4-7,12-17,31H,2-3,8-11H2,1H3,(H,30,33);4-7,12-14,25H,2-3,8-11H2,1H3,(H,24,27);1-4,7-9,20H,5-6H2,(H,19,22);2,4-6H2,1,3H3;2-4H,1H3;1H4. The van der Waals surface area contributed by atoms with Crippen LogP contribution in [0, 0.1) is 28.1 Å². The van der Waals surface area contributed by atoms with Crippen molar-refractivity contribution >= 4 is 155 Å². The number of fused-ring (bicyclic) bond motifs is 8. The first kappa shape index (κ1) is 103. The van der Waals surface area contributed by atoms with Crippen LogP contribution in [-0.4, -0.2) is 171 Å². The van der Waals surface area contributed by atoms with Gasteiger partial charge in [-0.25, -0.2) is 53.0 Å². The van der Waals surface area contributed by atoms with E-state index in [-0.39, 0.29) is 19.2 Å². The van der Waals surface area contributed by atoms with Crippen LogP contribution in [0.5, 0.6) is 0 Å². The number of hydrogen-bond donors (Lipinski definition) is 8. The van der Waals surface area contributed by atoms with Crippen molar-refractivity contribution in [2.45, 2.75) is 113 Å². The maximum absolute atomic E-state index is 13.9. The zero-order chi connectivity index (χ0) is 96.8. The Balaban J connectivity index is 0.000000149. The molecule has 27 nitrogen and oxygen atoms in total. The van der Waals surface area contributed by atoms with Crippen molar-refractivity contribution in [1.82, 2.24) is 92.4 Å². The van der Waals surface area contributed by atoms with Crippen LogP contribution in [0.15, 0.2) is 261 Å². The number of hydrogen-bond acceptors (Lipinski definition) is 19. The fourth-order valence-electron chi connectivity index (χ4n) is 15.6. The van der Waals surface area contributed by atoms with E-state index in [1.165, 1.54) is 91.7 Å². The maximum atomic E-state index is 13.9. The van der Waals surface area contributed by atoms with E-state index in [1.54, 1.807) is 31.7 Å². The number of H-pyrrole nitrogens is 4. The molecule has 8 N–H and O–H groups in total. The average molecular weight is 2120 g/mol. The summed E-state index contributed by atoms with van der Waals surface area (Å²) in [6, 6.07) is 37.5. The van der Waals surface area contributed by atoms with E-state index < -0.39 is 11.6 Å². The second kappa shape index (κ2) is 51.4. The number of para-hydroxylation sites is 4. The third-order valence-corrected chi connectivity index (χ3v) is 24.3. The SMILES string of the molecule is Brc1cn2c(I)cnc2c(NCCc2c[nH]c3ccccc23)n1.C.C=C(C)CCOCC.C=C(CCOCC)c1cnc2c(NCCc3c[nH]c4ccccc34)nc(-c3cncc(F)c3)cn12.C=C(CCOCC)c1cnc2c(NCCc3c[nH]c4ccccc34)nc(Br)cn12.CCOCCC(C)c1cnc2c(NCCc3c[nH]c4ccccc34)nc(-c3cncc(F)c3)cn12.Cc1cncc(F)c1. The Morgan fingerprint density at radius 1 is 0.424 bits per heavy atom. The van der Waals surface area contributed by atoms with Gasteiger partial charge in [0.25, 0.3) is 0 Å². The molecule has 19 aromatic rings. The van der Waals surface area contributed by atoms with Gasteiger partial charge in [0.2, 0.25) is 0 Å². The van der Waals surface area contributed by atoms with Gasteiger partial charge in [0.05, 0.1) is 79.8 Å². The monoisotopic (exact) mass is 2120 g/mol. The Morgan fingerprint density at radius 3 is 1.17 bits per heavy atom. The summed E-state index contributed by atoms with van der Waals surface area (Å²) in [6.45, 7) is 34.6. The first-order valence-corrected chi connectivity index (χ1v) is 48.6. The van der Waals surface area contributed by atoms with Gasteiger partial charge in [-0.1, -0.05) is 106 Å². The molecule has 1 unspecified atom stereocenters. The summed E-state index contributed by atoms with van der Waals surface area (Å²) in [5, 5.41) is 18.7. The molecule has 0 fully saturated rings. The lowest BCUT2D eigenvalue weighted by atomic mass is 10.1. The number of nitrogens with zero attached hydrogens (tertiary/aromatic N) is 15. The Kier molecular flexibility index (Phi) is 38.1. The first-order valence-electron chi connectivity index (χ1n) is 46.0. The summed E-state index contributed by atoms with van der Waals surface area (Å²) in [4.78, 5) is 61.9. The van der Waals surface area contributed by atoms with Crippen molar-refractivity contribution < 1.29 is 32.1 Å². The zero-order valence-corrected chi connectivity index (χ0v) is 83.6. The number of aromatic amines is 4. The van der Waals surface area contributed by atoms with Gasteiger partial charge in [0, 0.05) is 200 Å². The van der Waals surface area contributed by atoms with Gasteiger partial charge in [-0.2, -0.15) is 0 Å². The zero-order valence-electron chi connectivity index (χ0n) is 78.3. The highest BCUT2D eigenvalue weighted by molar-refractivity contribution is 14.1. The first-order chi connectivity index (χ1) is 67.2. The molecule has 15 heterocycles. The van der Waals surface area contributed by atoms with E-state index in [0.29, 0.717) is 98.9 Å². The highest BCUT2D eigenvalue weighted by Crippen LogP contribution is 2.33. The van der Waals surface area contributed by atoms with Crippen LogP contribution >= 0.6 is 54.5 Å². The van der Waals surface area contributed by atoms with E-state index in [4.69, 9.17) is 28.9 Å². The summed E-state index contributed by atoms with van der Waals surface area (Å²) >= 11 is 9.24. The Bertz CT molecular complexity index is 7270. The molecule has 0 aliphatic carbocycles. The summed E-state index contributed by atoms with van der Waals surface area (Å²) in [5.74, 6) is 1.98. The molecule has 0 bridgehead atoms. The van der Waals surface area contributed by atoms with Gasteiger partial charge in [-0.3, -0.25) is 32.6 Å². The van der Waals surface area contributed by atoms with Crippen molar-refractivity contribution in [2.24, 2.45) is 0 Å². The molecule has 33 heteroatoms. The van der Waals surface area contributed by atoms with Gasteiger partial charge in [0.1, 0.15) is 30.4 Å². The topological polar surface area (TPSA) is 308 Å². The molecule has 139 heavy (non-hydrogen) atoms. The molecule has 0 aliphatic rings. The minimum absolute atomic E-state index is 0. The van der Waals surface area contributed by atoms with E-state index >= 15 is 0 Å². The highest BCUT2D eigenvalue weighted by atomic mass is 127. The molecule has 19 rings (SSSR count). The van der Waals surface area contributed by atoms with E-state index in [0.717, 1.165) is 163 Å². The fourth-order valence-corrected chi connectivity index (χ4v) is 16.9. The van der Waals surface area contributed by atoms with Crippen LogP contribution in [0.25, 0.3) is 99.9 Å². The van der Waals surface area contributed by atoms with Gasteiger partial charge in [-0.15, -0.1) is 6.58 Å². The second-order valence-electron chi connectivity index (χ2n) is 32.6. The van der Waals surface area contributed by atoms with Gasteiger partial charge < -0.3 is 60.2 Å². The van der Waals surface area contributed by atoms with Crippen molar-refractivity contribution in [3.63, 3.8) is 0 Å². The number of anilines is 4. The lowest BCUT2D eigenvalue weighted by Crippen LogP contribution is -2.10. The normalized spacial score (nSPS) is 11.3. The van der Waals surface area contributed by atoms with E-state index in [9.17, 15) is 13.2 Å². The molecule has 15 aromatic heterocycles. The van der Waals surface area contributed by atoms with Gasteiger partial charge in [0.15, 0.2) is 45.9 Å². The molecule has 4 aromatic carbocycles. The Morgan fingerprint density at radius 2 is 0.770 bits per heavy atom. The lowest BCUT2D eigenvalue weighted by Gasteiger charge is -2.14. The molecule has 0 aliphatic heterocycles. The number of aromatic nitrogens is 19. The minimum Gasteiger partial charge on any atom is -0.382 e. The predicted molar refractivity (Wildman–Crippen MR) is 570 cm³/mol. The maximum Gasteiger partial charge on any atom is 0.181 e. The third kappa shape index (κ3) is 27.6. The molecule has 0 saturated carbocycles. The van der Waals surface area contributed by atoms with E-state index in [1.807, 2.05) is 134 Å². The molecule has 1 atom stereocenters. The number of halogens is 6. The quantitative estimate of drug-likeness (QED) is 0.0102. The number of pyridine rings is 3. The Hall–Kier alpha value is -13.3. The van der Waals surface area contributed by atoms with Gasteiger partial charge >= 0.3 is 0 Å². The number of rotatable bonds is 37. The lowest BCUT2D eigenvalue weighted by molar-refractivity contribution is 0.140. The largest absolute Gasteiger partial charge is 0.382 e. The molecule has 0 saturated heterocycles. The van der Waals surface area contributed by atoms with Crippen LogP contribution in [-0.2, 0) is 44.6 Å². The number of nitrogens with one attached hydrogen (secondary N) is 8. The number of aryl methyl sites for hydroxylation is 1. The molecule has 0 spiro atoms. The van der Waals surface area contributed by atoms with Crippen molar-refractivity contribution in [1.29, 1.82) is 0 Å². The van der Waals surface area contributed by atoms with Crippen molar-refractivity contribution in [3.8, 4) is 22.5 Å². The summed E-state index contributed by atoms with van der Waals surface area (Å²) in [7, 11) is 0. The van der Waals surface area contributed by atoms with Crippen LogP contribution in [0.3, 0.4) is 0 Å². The summed E-state index contributed by atoms with van der Waals surface area (Å²) in [5.41, 5.74) is 22.0. The smallest absolute Gasteiger partial charge is 0.181 e. The third-order valence-electron chi connectivity index (χ3n) is 22.7. The van der Waals surface area contributed by atoms with Crippen molar-refractivity contribution in [3.05, 3.63) is 327 Å². The van der Waals surface area contributed by atoms with Gasteiger partial charge in [-0.05, 0) is 229 Å². The van der Waals surface area contributed by atoms with Crippen LogP contribution in [0.1, 0.15) is 125 Å². The molecule has 0 amide bonds. The van der Waals surface area contributed by atoms with Crippen LogP contribution < -0.4 is 21.3 Å². The van der Waals surface area contributed by atoms with Crippen LogP contribution in [0.2, 0.25) is 0 Å². The van der Waals surface area contributed by atoms with Crippen LogP contribution in [0.4, 0.5) is 36.4 Å². The molecule has 0 radical (unpaired) electrons. The van der Waals surface area contributed by atoms with E-state index in [2.05, 4.69) is 251 Å². The second-order valence-corrected chi connectivity index (χ2v) is 35.3. The summed E-state index contributed by atoms with van der Waals surface area (Å²) < 4.78 is 72.2. The molecular weight excluding hydrogens is 2000 g/mol. The minimum atomic E-state index is -0.412. The number of benzene rings is 4. The molecular formula is C106H117Br2F3IN23O4. The molecule has 722 valence electrons. The number of ether oxygens (including phenoxy) is 4. The number of imidazole rings is 4.